The van der Waals surface area contributed by atoms with E-state index in [-0.39, 0.29) is 12.2 Å². The number of para-hydroxylation sites is 1. The molecule has 2 unspecified atom stereocenters. The summed E-state index contributed by atoms with van der Waals surface area (Å²) in [4.78, 5) is 23.1. The molecule has 0 aliphatic heterocycles. The molecule has 2 rings (SSSR count). The Hall–Kier alpha value is -2.60. The summed E-state index contributed by atoms with van der Waals surface area (Å²) in [5.74, 6) is -2.07. The second-order valence-corrected chi connectivity index (χ2v) is 4.98. The topological polar surface area (TPSA) is 99.8 Å². The maximum atomic E-state index is 12.0. The monoisotopic (exact) mass is 303 g/mol. The molecule has 2 aromatic rings. The van der Waals surface area contributed by atoms with Crippen LogP contribution in [-0.4, -0.2) is 28.2 Å². The molecular formula is C16H17NO5. The standard InChI is InChI=1S/C16H17NO5/c1-10(18)13(16(20)21)9-12-7-8-14(22-12)15(19)17-11-5-3-2-4-6-11/h2-8,10,13,18H,9H2,1H3,(H,17,19)(H,20,21). The molecule has 1 aromatic heterocycles. The number of carboxylic acids is 1. The fourth-order valence-corrected chi connectivity index (χ4v) is 2.00. The number of carboxylic acid groups (broad SMARTS) is 1. The summed E-state index contributed by atoms with van der Waals surface area (Å²) < 4.78 is 5.36. The Morgan fingerprint density at radius 2 is 1.86 bits per heavy atom. The number of aliphatic carboxylic acids is 1. The summed E-state index contributed by atoms with van der Waals surface area (Å²) in [6, 6.07) is 11.9. The Labute approximate surface area is 127 Å². The van der Waals surface area contributed by atoms with Gasteiger partial charge in [0.15, 0.2) is 5.76 Å². The fraction of sp³-hybridized carbons (Fsp3) is 0.250. The first-order valence-corrected chi connectivity index (χ1v) is 6.83. The average Bonchev–Trinajstić information content (AvgIpc) is 2.94. The summed E-state index contributed by atoms with van der Waals surface area (Å²) in [7, 11) is 0. The van der Waals surface area contributed by atoms with Crippen LogP contribution in [0.4, 0.5) is 5.69 Å². The van der Waals surface area contributed by atoms with Crippen molar-refractivity contribution >= 4 is 17.6 Å². The van der Waals surface area contributed by atoms with Crippen LogP contribution in [-0.2, 0) is 11.2 Å². The van der Waals surface area contributed by atoms with Gasteiger partial charge in [0, 0.05) is 12.1 Å². The van der Waals surface area contributed by atoms with Crippen LogP contribution in [0.2, 0.25) is 0 Å². The maximum Gasteiger partial charge on any atom is 0.309 e. The molecule has 3 N–H and O–H groups in total. The third-order valence-electron chi connectivity index (χ3n) is 3.24. The van der Waals surface area contributed by atoms with Gasteiger partial charge in [-0.25, -0.2) is 0 Å². The van der Waals surface area contributed by atoms with Gasteiger partial charge in [-0.1, -0.05) is 18.2 Å². The molecule has 2 atom stereocenters. The van der Waals surface area contributed by atoms with Gasteiger partial charge in [-0.2, -0.15) is 0 Å². The lowest BCUT2D eigenvalue weighted by Crippen LogP contribution is -2.27. The first-order chi connectivity index (χ1) is 10.5. The lowest BCUT2D eigenvalue weighted by molar-refractivity contribution is -0.145. The van der Waals surface area contributed by atoms with Crippen molar-refractivity contribution in [2.75, 3.05) is 5.32 Å². The van der Waals surface area contributed by atoms with Crippen molar-refractivity contribution in [1.82, 2.24) is 0 Å². The predicted octanol–water partition coefficient (Wildman–Crippen LogP) is 2.16. The highest BCUT2D eigenvalue weighted by molar-refractivity contribution is 6.02. The minimum atomic E-state index is -1.11. The number of rotatable bonds is 6. The number of aliphatic hydroxyl groups excluding tert-OH is 1. The molecule has 6 nitrogen and oxygen atoms in total. The van der Waals surface area contributed by atoms with E-state index < -0.39 is 23.9 Å². The molecule has 22 heavy (non-hydrogen) atoms. The number of hydrogen-bond acceptors (Lipinski definition) is 4. The van der Waals surface area contributed by atoms with Gasteiger partial charge in [-0.3, -0.25) is 9.59 Å². The van der Waals surface area contributed by atoms with Gasteiger partial charge in [0.05, 0.1) is 12.0 Å². The molecule has 0 saturated heterocycles. The van der Waals surface area contributed by atoms with Gasteiger partial charge in [0.2, 0.25) is 0 Å². The predicted molar refractivity (Wildman–Crippen MR) is 79.6 cm³/mol. The van der Waals surface area contributed by atoms with Crippen molar-refractivity contribution in [3.8, 4) is 0 Å². The number of carbonyl (C=O) groups is 2. The van der Waals surface area contributed by atoms with Gasteiger partial charge >= 0.3 is 5.97 Å². The van der Waals surface area contributed by atoms with Crippen molar-refractivity contribution in [3.63, 3.8) is 0 Å². The zero-order valence-corrected chi connectivity index (χ0v) is 12.0. The molecule has 1 amide bonds. The second kappa shape index (κ2) is 6.91. The van der Waals surface area contributed by atoms with Gasteiger partial charge in [0.25, 0.3) is 5.91 Å². The summed E-state index contributed by atoms with van der Waals surface area (Å²) >= 11 is 0. The Balaban J connectivity index is 2.04. The third-order valence-corrected chi connectivity index (χ3v) is 3.24. The summed E-state index contributed by atoms with van der Waals surface area (Å²) in [5, 5.41) is 21.2. The summed E-state index contributed by atoms with van der Waals surface area (Å²) in [5.41, 5.74) is 0.637. The second-order valence-electron chi connectivity index (χ2n) is 4.98. The zero-order valence-electron chi connectivity index (χ0n) is 12.0. The number of nitrogens with one attached hydrogen (secondary N) is 1. The average molecular weight is 303 g/mol. The first kappa shape index (κ1) is 15.8. The largest absolute Gasteiger partial charge is 0.481 e. The molecule has 116 valence electrons. The zero-order chi connectivity index (χ0) is 16.1. The van der Waals surface area contributed by atoms with E-state index in [1.807, 2.05) is 6.07 Å². The highest BCUT2D eigenvalue weighted by atomic mass is 16.4. The van der Waals surface area contributed by atoms with Crippen molar-refractivity contribution < 1.29 is 24.2 Å². The summed E-state index contributed by atoms with van der Waals surface area (Å²) in [6.07, 6.45) is -0.991. The molecule has 0 radical (unpaired) electrons. The van der Waals surface area contributed by atoms with Crippen molar-refractivity contribution in [3.05, 3.63) is 54.0 Å². The number of aliphatic hydroxyl groups is 1. The first-order valence-electron chi connectivity index (χ1n) is 6.83. The number of anilines is 1. The van der Waals surface area contributed by atoms with E-state index in [0.717, 1.165) is 0 Å². The maximum absolute atomic E-state index is 12.0. The highest BCUT2D eigenvalue weighted by Crippen LogP contribution is 2.17. The molecule has 0 aliphatic carbocycles. The Morgan fingerprint density at radius 3 is 2.45 bits per heavy atom. The van der Waals surface area contributed by atoms with Crippen LogP contribution >= 0.6 is 0 Å². The number of hydrogen-bond donors (Lipinski definition) is 3. The molecule has 1 aromatic carbocycles. The molecule has 0 spiro atoms. The van der Waals surface area contributed by atoms with Crippen LogP contribution < -0.4 is 5.32 Å². The smallest absolute Gasteiger partial charge is 0.309 e. The van der Waals surface area contributed by atoms with Gasteiger partial charge in [0.1, 0.15) is 5.76 Å². The summed E-state index contributed by atoms with van der Waals surface area (Å²) in [6.45, 7) is 1.41. The van der Waals surface area contributed by atoms with Crippen molar-refractivity contribution in [2.45, 2.75) is 19.4 Å². The number of furan rings is 1. The van der Waals surface area contributed by atoms with E-state index in [9.17, 15) is 14.7 Å². The van der Waals surface area contributed by atoms with E-state index in [1.54, 1.807) is 24.3 Å². The molecule has 0 bridgehead atoms. The number of carbonyl (C=O) groups excluding carboxylic acids is 1. The Bertz CT molecular complexity index is 648. The van der Waals surface area contributed by atoms with Gasteiger partial charge in [-0.15, -0.1) is 0 Å². The fourth-order valence-electron chi connectivity index (χ4n) is 2.00. The molecule has 0 fully saturated rings. The third kappa shape index (κ3) is 3.95. The van der Waals surface area contributed by atoms with E-state index in [4.69, 9.17) is 9.52 Å². The number of benzene rings is 1. The van der Waals surface area contributed by atoms with Crippen LogP contribution in [0.25, 0.3) is 0 Å². The lowest BCUT2D eigenvalue weighted by atomic mass is 9.99. The van der Waals surface area contributed by atoms with E-state index in [0.29, 0.717) is 11.4 Å². The van der Waals surface area contributed by atoms with E-state index in [1.165, 1.54) is 19.1 Å². The normalized spacial score (nSPS) is 13.4. The van der Waals surface area contributed by atoms with Gasteiger partial charge < -0.3 is 19.9 Å². The minimum Gasteiger partial charge on any atom is -0.481 e. The van der Waals surface area contributed by atoms with Crippen LogP contribution in [0.15, 0.2) is 46.9 Å². The van der Waals surface area contributed by atoms with Crippen molar-refractivity contribution in [2.24, 2.45) is 5.92 Å². The lowest BCUT2D eigenvalue weighted by Gasteiger charge is -2.13. The van der Waals surface area contributed by atoms with Crippen molar-refractivity contribution in [1.29, 1.82) is 0 Å². The van der Waals surface area contributed by atoms with Crippen LogP contribution in [0.1, 0.15) is 23.2 Å². The molecule has 0 saturated carbocycles. The van der Waals surface area contributed by atoms with Gasteiger partial charge in [-0.05, 0) is 31.2 Å². The van der Waals surface area contributed by atoms with Crippen LogP contribution in [0.3, 0.4) is 0 Å². The van der Waals surface area contributed by atoms with E-state index >= 15 is 0 Å². The molecule has 1 heterocycles. The Morgan fingerprint density at radius 1 is 1.18 bits per heavy atom. The highest BCUT2D eigenvalue weighted by Gasteiger charge is 2.25. The number of amides is 1. The Kier molecular flexibility index (Phi) is 4.95. The SMILES string of the molecule is CC(O)C(Cc1ccc(C(=O)Nc2ccccc2)o1)C(=O)O. The van der Waals surface area contributed by atoms with Crippen LogP contribution in [0, 0.1) is 5.92 Å². The van der Waals surface area contributed by atoms with Crippen LogP contribution in [0.5, 0.6) is 0 Å². The van der Waals surface area contributed by atoms with E-state index in [2.05, 4.69) is 5.32 Å². The minimum absolute atomic E-state index is 0.0195. The molecule has 6 heteroatoms. The molecule has 0 aliphatic rings. The quantitative estimate of drug-likeness (QED) is 0.759. The molecular weight excluding hydrogens is 286 g/mol.